The number of carbonyl (C=O) groups is 8. The molecule has 0 spiro atoms. The van der Waals surface area contributed by atoms with Crippen LogP contribution in [0.2, 0.25) is 0 Å². The topological polar surface area (TPSA) is 270 Å². The second kappa shape index (κ2) is 20.1. The summed E-state index contributed by atoms with van der Waals surface area (Å²) < 4.78 is 0. The van der Waals surface area contributed by atoms with E-state index < -0.39 is 102 Å². The van der Waals surface area contributed by atoms with E-state index >= 15 is 0 Å². The molecule has 18 nitrogen and oxygen atoms in total. The van der Waals surface area contributed by atoms with Crippen LogP contribution in [0, 0.1) is 11.8 Å². The molecule has 2 heterocycles. The largest absolute Gasteiger partial charge is 0.480 e. The summed E-state index contributed by atoms with van der Waals surface area (Å²) in [6, 6.07) is -7.27. The number of nitrogens with two attached hydrogens (primary N) is 1. The average molecular weight is 739 g/mol. The molecule has 0 saturated carbocycles. The molecule has 7 amide bonds. The van der Waals surface area contributed by atoms with Gasteiger partial charge in [-0.1, -0.05) is 27.7 Å². The fourth-order valence-electron chi connectivity index (χ4n) is 6.34. The molecule has 0 aromatic carbocycles. The lowest BCUT2D eigenvalue weighted by Crippen LogP contribution is -2.58. The molecule has 2 fully saturated rings. The Kier molecular flexibility index (Phi) is 16.9. The molecule has 2 rings (SSSR count). The minimum absolute atomic E-state index is 0.0544. The first-order valence-corrected chi connectivity index (χ1v) is 18.0. The van der Waals surface area contributed by atoms with Crippen LogP contribution >= 0.6 is 0 Å². The molecule has 2 saturated heterocycles. The zero-order valence-electron chi connectivity index (χ0n) is 31.3. The van der Waals surface area contributed by atoms with Crippen molar-refractivity contribution in [3.05, 3.63) is 0 Å². The lowest BCUT2D eigenvalue weighted by Gasteiger charge is -2.30. The van der Waals surface area contributed by atoms with Gasteiger partial charge in [0.1, 0.15) is 36.3 Å². The van der Waals surface area contributed by atoms with E-state index in [1.807, 2.05) is 13.8 Å². The standard InChI is InChI=1S/C34H58N8O10/c1-17(2)14-22(35)28(45)37-19(5)32(49)42-13-9-11-25(42)30(47)38-20(6)33(50)41-12-8-10-24(41)29(46)36-16-26(44)40-27(21(7)43)31(48)39-23(34(51)52)15-18(3)4/h17-25,27,43H,8-16,35H2,1-7H3,(H,36,46)(H,37,45)(H,38,47)(H,39,48)(H,40,44)(H,51,52)/t19-,20-,21+,22-,23-,24-,25-,27-/m0/s1. The first kappa shape index (κ1) is 43.8. The first-order valence-electron chi connectivity index (χ1n) is 18.0. The molecule has 294 valence electrons. The maximum absolute atomic E-state index is 13.4. The molecule has 2 aliphatic rings. The van der Waals surface area contributed by atoms with Crippen molar-refractivity contribution in [1.29, 1.82) is 0 Å². The third-order valence-corrected chi connectivity index (χ3v) is 9.02. The number of amides is 7. The average Bonchev–Trinajstić information content (AvgIpc) is 3.75. The van der Waals surface area contributed by atoms with E-state index in [0.29, 0.717) is 38.6 Å². The summed E-state index contributed by atoms with van der Waals surface area (Å²) in [7, 11) is 0. The lowest BCUT2D eigenvalue weighted by molar-refractivity contribution is -0.144. The quantitative estimate of drug-likeness (QED) is 0.0758. The Labute approximate surface area is 304 Å². The van der Waals surface area contributed by atoms with E-state index in [1.165, 1.54) is 30.6 Å². The smallest absolute Gasteiger partial charge is 0.326 e. The first-order chi connectivity index (χ1) is 24.2. The molecule has 52 heavy (non-hydrogen) atoms. The second-order valence-electron chi connectivity index (χ2n) is 14.6. The lowest BCUT2D eigenvalue weighted by atomic mass is 10.0. The highest BCUT2D eigenvalue weighted by Crippen LogP contribution is 2.21. The van der Waals surface area contributed by atoms with Crippen LogP contribution in [0.25, 0.3) is 0 Å². The van der Waals surface area contributed by atoms with E-state index in [4.69, 9.17) is 5.73 Å². The predicted octanol–water partition coefficient (Wildman–Crippen LogP) is -2.05. The normalized spacial score (nSPS) is 20.7. The monoisotopic (exact) mass is 738 g/mol. The molecule has 18 heteroatoms. The van der Waals surface area contributed by atoms with Gasteiger partial charge in [-0.25, -0.2) is 4.79 Å². The van der Waals surface area contributed by atoms with Crippen molar-refractivity contribution in [3.8, 4) is 0 Å². The molecular weight excluding hydrogens is 680 g/mol. The maximum atomic E-state index is 13.4. The number of nitrogens with one attached hydrogen (secondary N) is 5. The van der Waals surface area contributed by atoms with E-state index in [9.17, 15) is 48.6 Å². The number of carboxylic acids is 1. The van der Waals surface area contributed by atoms with E-state index in [2.05, 4.69) is 26.6 Å². The molecule has 9 N–H and O–H groups in total. The van der Waals surface area contributed by atoms with E-state index in [-0.39, 0.29) is 24.8 Å². The number of aliphatic hydroxyl groups excluding tert-OH is 1. The summed E-state index contributed by atoms with van der Waals surface area (Å²) in [5, 5.41) is 31.9. The molecule has 0 aromatic rings. The van der Waals surface area contributed by atoms with Gasteiger partial charge < -0.3 is 52.3 Å². The molecule has 8 atom stereocenters. The van der Waals surface area contributed by atoms with Crippen LogP contribution in [0.15, 0.2) is 0 Å². The van der Waals surface area contributed by atoms with Crippen LogP contribution < -0.4 is 32.3 Å². The van der Waals surface area contributed by atoms with Crippen LogP contribution in [0.3, 0.4) is 0 Å². The zero-order valence-corrected chi connectivity index (χ0v) is 31.3. The maximum Gasteiger partial charge on any atom is 0.326 e. The summed E-state index contributed by atoms with van der Waals surface area (Å²) >= 11 is 0. The molecule has 0 unspecified atom stereocenters. The van der Waals surface area contributed by atoms with Crippen molar-refractivity contribution < 1.29 is 48.6 Å². The SMILES string of the molecule is CC(C)C[C@H](NC(=O)[C@@H](NC(=O)CNC(=O)[C@@H]1CCCN1C(=O)[C@H](C)NC(=O)[C@@H]1CCCN1C(=O)[C@H](C)NC(=O)[C@@H](N)CC(C)C)[C@@H](C)O)C(=O)O. The highest BCUT2D eigenvalue weighted by molar-refractivity contribution is 5.97. The second-order valence-corrected chi connectivity index (χ2v) is 14.6. The van der Waals surface area contributed by atoms with Gasteiger partial charge in [0.25, 0.3) is 0 Å². The Hall–Kier alpha value is -4.32. The van der Waals surface area contributed by atoms with Gasteiger partial charge in [-0.05, 0) is 71.1 Å². The number of carboxylic acid groups (broad SMARTS) is 1. The van der Waals surface area contributed by atoms with Crippen molar-refractivity contribution in [2.24, 2.45) is 17.6 Å². The van der Waals surface area contributed by atoms with Crippen molar-refractivity contribution in [2.75, 3.05) is 19.6 Å². The Morgan fingerprint density at radius 1 is 0.692 bits per heavy atom. The number of aliphatic carboxylic acids is 1. The van der Waals surface area contributed by atoms with Gasteiger partial charge in [0, 0.05) is 13.1 Å². The zero-order chi connectivity index (χ0) is 39.4. The van der Waals surface area contributed by atoms with Crippen molar-refractivity contribution in [1.82, 2.24) is 36.4 Å². The minimum atomic E-state index is -1.49. The molecule has 0 aromatic heterocycles. The Morgan fingerprint density at radius 2 is 1.19 bits per heavy atom. The predicted molar refractivity (Wildman–Crippen MR) is 188 cm³/mol. The molecule has 2 aliphatic heterocycles. The summed E-state index contributed by atoms with van der Waals surface area (Å²) in [4.78, 5) is 105. The Bertz CT molecular complexity index is 1320. The number of likely N-dealkylation sites (tertiary alicyclic amines) is 2. The molecule has 0 radical (unpaired) electrons. The molecular formula is C34H58N8O10. The summed E-state index contributed by atoms with van der Waals surface area (Å²) in [6.07, 6.45) is 0.875. The van der Waals surface area contributed by atoms with Gasteiger partial charge in [0.15, 0.2) is 0 Å². The highest BCUT2D eigenvalue weighted by Gasteiger charge is 2.40. The molecule has 0 bridgehead atoms. The Balaban J connectivity index is 1.95. The van der Waals surface area contributed by atoms with Gasteiger partial charge in [0.2, 0.25) is 41.4 Å². The van der Waals surface area contributed by atoms with Crippen molar-refractivity contribution in [2.45, 2.75) is 135 Å². The van der Waals surface area contributed by atoms with Crippen LogP contribution in [0.5, 0.6) is 0 Å². The van der Waals surface area contributed by atoms with Crippen LogP contribution in [-0.2, 0) is 38.4 Å². The van der Waals surface area contributed by atoms with Gasteiger partial charge >= 0.3 is 5.97 Å². The van der Waals surface area contributed by atoms with Crippen molar-refractivity contribution in [3.63, 3.8) is 0 Å². The van der Waals surface area contributed by atoms with Gasteiger partial charge in [-0.3, -0.25) is 33.6 Å². The number of hydrogen-bond acceptors (Lipinski definition) is 10. The Morgan fingerprint density at radius 3 is 1.67 bits per heavy atom. The number of hydrogen-bond donors (Lipinski definition) is 8. The molecule has 0 aliphatic carbocycles. The van der Waals surface area contributed by atoms with Crippen LogP contribution in [0.1, 0.15) is 87.0 Å². The van der Waals surface area contributed by atoms with Gasteiger partial charge in [-0.15, -0.1) is 0 Å². The fourth-order valence-corrected chi connectivity index (χ4v) is 6.34. The number of rotatable bonds is 18. The number of carbonyl (C=O) groups excluding carboxylic acids is 7. The number of nitrogens with zero attached hydrogens (tertiary/aromatic N) is 2. The summed E-state index contributed by atoms with van der Waals surface area (Å²) in [5.74, 6) is -5.49. The summed E-state index contributed by atoms with van der Waals surface area (Å²) in [6.45, 7) is 11.6. The van der Waals surface area contributed by atoms with Crippen LogP contribution in [0.4, 0.5) is 0 Å². The van der Waals surface area contributed by atoms with Gasteiger partial charge in [0.05, 0.1) is 18.7 Å². The van der Waals surface area contributed by atoms with E-state index in [1.54, 1.807) is 13.8 Å². The summed E-state index contributed by atoms with van der Waals surface area (Å²) in [5.41, 5.74) is 5.94. The number of aliphatic hydroxyl groups is 1. The van der Waals surface area contributed by atoms with Crippen molar-refractivity contribution >= 4 is 47.3 Å². The third-order valence-electron chi connectivity index (χ3n) is 9.02. The minimum Gasteiger partial charge on any atom is -0.480 e. The third kappa shape index (κ3) is 12.7. The fraction of sp³-hybridized carbons (Fsp3) is 0.765. The van der Waals surface area contributed by atoms with E-state index in [0.717, 1.165) is 0 Å². The van der Waals surface area contributed by atoms with Gasteiger partial charge in [-0.2, -0.15) is 0 Å². The van der Waals surface area contributed by atoms with Crippen LogP contribution in [-0.4, -0.2) is 135 Å². The highest BCUT2D eigenvalue weighted by atomic mass is 16.4.